The van der Waals surface area contributed by atoms with Gasteiger partial charge < -0.3 is 15.2 Å². The van der Waals surface area contributed by atoms with Crippen LogP contribution in [0.2, 0.25) is 5.02 Å². The van der Waals surface area contributed by atoms with Crippen molar-refractivity contribution in [3.05, 3.63) is 47.0 Å². The van der Waals surface area contributed by atoms with Crippen LogP contribution in [0.25, 0.3) is 0 Å². The van der Waals surface area contributed by atoms with Gasteiger partial charge in [0, 0.05) is 6.07 Å². The van der Waals surface area contributed by atoms with E-state index < -0.39 is 0 Å². The molecule has 4 nitrogen and oxygen atoms in total. The lowest BCUT2D eigenvalue weighted by molar-refractivity contribution is 0.409. The van der Waals surface area contributed by atoms with Gasteiger partial charge >= 0.3 is 0 Å². The number of nitrogen functional groups attached to an aromatic ring is 1. The van der Waals surface area contributed by atoms with Gasteiger partial charge in [-0.05, 0) is 24.3 Å². The fourth-order valence-electron chi connectivity index (χ4n) is 1.55. The van der Waals surface area contributed by atoms with Crippen LogP contribution in [-0.2, 0) is 0 Å². The summed E-state index contributed by atoms with van der Waals surface area (Å²) in [6.45, 7) is 0. The third kappa shape index (κ3) is 2.72. The molecule has 0 amide bonds. The minimum Gasteiger partial charge on any atom is -0.497 e. The molecule has 0 aliphatic carbocycles. The Hall–Kier alpha value is -2.38. The topological polar surface area (TPSA) is 68.3 Å². The summed E-state index contributed by atoms with van der Waals surface area (Å²) >= 11 is 5.94. The zero-order valence-corrected chi connectivity index (χ0v) is 10.9. The Bertz CT molecular complexity index is 650. The van der Waals surface area contributed by atoms with Crippen molar-refractivity contribution in [1.29, 1.82) is 5.26 Å². The molecule has 96 valence electrons. The highest BCUT2D eigenvalue weighted by Gasteiger charge is 2.10. The van der Waals surface area contributed by atoms with E-state index in [2.05, 4.69) is 0 Å². The molecule has 0 spiro atoms. The lowest BCUT2D eigenvalue weighted by Gasteiger charge is -2.11. The van der Waals surface area contributed by atoms with Crippen LogP contribution >= 0.6 is 11.6 Å². The van der Waals surface area contributed by atoms with Crippen LogP contribution in [0, 0.1) is 11.3 Å². The van der Waals surface area contributed by atoms with E-state index in [4.69, 9.17) is 32.1 Å². The summed E-state index contributed by atoms with van der Waals surface area (Å²) in [6, 6.07) is 12.0. The van der Waals surface area contributed by atoms with Crippen molar-refractivity contribution >= 4 is 17.3 Å². The van der Waals surface area contributed by atoms with Crippen LogP contribution < -0.4 is 15.2 Å². The SMILES string of the molecule is COc1ccc(N)c(Oc2cccc(Cl)c2C#N)c1. The average Bonchev–Trinajstić information content (AvgIpc) is 2.41. The van der Waals surface area contributed by atoms with Crippen LogP contribution in [0.15, 0.2) is 36.4 Å². The van der Waals surface area contributed by atoms with Crippen molar-refractivity contribution in [2.24, 2.45) is 0 Å². The van der Waals surface area contributed by atoms with Crippen molar-refractivity contribution in [3.63, 3.8) is 0 Å². The number of nitrogens with two attached hydrogens (primary N) is 1. The fraction of sp³-hybridized carbons (Fsp3) is 0.0714. The first-order valence-corrected chi connectivity index (χ1v) is 5.83. The minimum atomic E-state index is 0.270. The van der Waals surface area contributed by atoms with Gasteiger partial charge in [0.15, 0.2) is 5.75 Å². The molecule has 0 heterocycles. The molecule has 0 aliphatic heterocycles. The van der Waals surface area contributed by atoms with E-state index in [1.807, 2.05) is 6.07 Å². The molecule has 2 aromatic rings. The molecule has 0 unspecified atom stereocenters. The zero-order valence-electron chi connectivity index (χ0n) is 10.2. The van der Waals surface area contributed by atoms with Crippen molar-refractivity contribution in [2.75, 3.05) is 12.8 Å². The molecule has 19 heavy (non-hydrogen) atoms. The number of nitriles is 1. The molecule has 0 bridgehead atoms. The Morgan fingerprint density at radius 3 is 2.68 bits per heavy atom. The highest BCUT2D eigenvalue weighted by Crippen LogP contribution is 2.34. The van der Waals surface area contributed by atoms with E-state index in [1.165, 1.54) is 0 Å². The maximum absolute atomic E-state index is 9.08. The highest BCUT2D eigenvalue weighted by molar-refractivity contribution is 6.31. The van der Waals surface area contributed by atoms with Gasteiger partial charge in [-0.3, -0.25) is 0 Å². The molecule has 0 aliphatic rings. The Labute approximate surface area is 115 Å². The molecule has 0 atom stereocenters. The molecule has 0 saturated carbocycles. The van der Waals surface area contributed by atoms with Gasteiger partial charge in [0.25, 0.3) is 0 Å². The average molecular weight is 275 g/mol. The maximum Gasteiger partial charge on any atom is 0.154 e. The number of benzene rings is 2. The van der Waals surface area contributed by atoms with E-state index in [-0.39, 0.29) is 5.56 Å². The number of halogens is 1. The molecule has 0 saturated heterocycles. The molecule has 0 fully saturated rings. The zero-order chi connectivity index (χ0) is 13.8. The lowest BCUT2D eigenvalue weighted by Crippen LogP contribution is -1.95. The quantitative estimate of drug-likeness (QED) is 0.869. The smallest absolute Gasteiger partial charge is 0.154 e. The number of methoxy groups -OCH3 is 1. The third-order valence-electron chi connectivity index (χ3n) is 2.53. The normalized spacial score (nSPS) is 9.74. The van der Waals surface area contributed by atoms with Gasteiger partial charge in [0.05, 0.1) is 17.8 Å². The van der Waals surface area contributed by atoms with Gasteiger partial charge in [-0.1, -0.05) is 17.7 Å². The molecular weight excluding hydrogens is 264 g/mol. The summed E-state index contributed by atoms with van der Waals surface area (Å²) < 4.78 is 10.7. The van der Waals surface area contributed by atoms with Crippen molar-refractivity contribution in [1.82, 2.24) is 0 Å². The molecular formula is C14H11ClN2O2. The first-order valence-electron chi connectivity index (χ1n) is 5.45. The number of rotatable bonds is 3. The largest absolute Gasteiger partial charge is 0.497 e. The van der Waals surface area contributed by atoms with Crippen molar-refractivity contribution in [3.8, 4) is 23.3 Å². The van der Waals surface area contributed by atoms with Crippen molar-refractivity contribution < 1.29 is 9.47 Å². The molecule has 2 aromatic carbocycles. The minimum absolute atomic E-state index is 0.270. The molecule has 2 rings (SSSR count). The van der Waals surface area contributed by atoms with Gasteiger partial charge in [-0.25, -0.2) is 0 Å². The van der Waals surface area contributed by atoms with Gasteiger partial charge in [0.2, 0.25) is 0 Å². The number of nitrogens with zero attached hydrogens (tertiary/aromatic N) is 1. The van der Waals surface area contributed by atoms with Crippen LogP contribution in [-0.4, -0.2) is 7.11 Å². The summed E-state index contributed by atoms with van der Waals surface area (Å²) in [5.41, 5.74) is 6.54. The summed E-state index contributed by atoms with van der Waals surface area (Å²) in [5.74, 6) is 1.39. The van der Waals surface area contributed by atoms with E-state index >= 15 is 0 Å². The first-order chi connectivity index (χ1) is 9.15. The van der Waals surface area contributed by atoms with E-state index in [0.29, 0.717) is 28.0 Å². The second-order valence-electron chi connectivity index (χ2n) is 3.73. The number of ether oxygens (including phenoxy) is 2. The molecule has 0 radical (unpaired) electrons. The monoisotopic (exact) mass is 274 g/mol. The van der Waals surface area contributed by atoms with Gasteiger partial charge in [-0.15, -0.1) is 0 Å². The standard InChI is InChI=1S/C14H11ClN2O2/c1-18-9-5-6-12(17)14(7-9)19-13-4-2-3-11(15)10(13)8-16/h2-7H,17H2,1H3. The maximum atomic E-state index is 9.08. The Morgan fingerprint density at radius 2 is 2.00 bits per heavy atom. The number of hydrogen-bond donors (Lipinski definition) is 1. The summed E-state index contributed by atoms with van der Waals surface area (Å²) in [7, 11) is 1.55. The highest BCUT2D eigenvalue weighted by atomic mass is 35.5. The molecule has 0 aromatic heterocycles. The molecule has 5 heteroatoms. The second kappa shape index (κ2) is 5.51. The van der Waals surface area contributed by atoms with E-state index in [0.717, 1.165) is 0 Å². The fourth-order valence-corrected chi connectivity index (χ4v) is 1.75. The predicted octanol–water partition coefficient (Wildman–Crippen LogP) is 3.59. The Kier molecular flexibility index (Phi) is 3.79. The van der Waals surface area contributed by atoms with Gasteiger partial charge in [0.1, 0.15) is 23.1 Å². The summed E-state index contributed by atoms with van der Waals surface area (Å²) in [6.07, 6.45) is 0. The van der Waals surface area contributed by atoms with Crippen molar-refractivity contribution in [2.45, 2.75) is 0 Å². The van der Waals surface area contributed by atoms with Gasteiger partial charge in [-0.2, -0.15) is 5.26 Å². The third-order valence-corrected chi connectivity index (χ3v) is 2.84. The van der Waals surface area contributed by atoms with Crippen LogP contribution in [0.1, 0.15) is 5.56 Å². The summed E-state index contributed by atoms with van der Waals surface area (Å²) in [5, 5.41) is 9.41. The van der Waals surface area contributed by atoms with Crippen LogP contribution in [0.4, 0.5) is 5.69 Å². The second-order valence-corrected chi connectivity index (χ2v) is 4.14. The Balaban J connectivity index is 2.42. The van der Waals surface area contributed by atoms with Crippen LogP contribution in [0.3, 0.4) is 0 Å². The Morgan fingerprint density at radius 1 is 1.21 bits per heavy atom. The van der Waals surface area contributed by atoms with E-state index in [9.17, 15) is 0 Å². The molecule has 2 N–H and O–H groups in total. The van der Waals surface area contributed by atoms with E-state index in [1.54, 1.807) is 43.5 Å². The predicted molar refractivity (Wildman–Crippen MR) is 73.6 cm³/mol. The number of anilines is 1. The lowest BCUT2D eigenvalue weighted by atomic mass is 10.2. The van der Waals surface area contributed by atoms with Crippen LogP contribution in [0.5, 0.6) is 17.2 Å². The first kappa shape index (κ1) is 13.1. The summed E-state index contributed by atoms with van der Waals surface area (Å²) in [4.78, 5) is 0. The number of hydrogen-bond acceptors (Lipinski definition) is 4.